The first-order chi connectivity index (χ1) is 43.0. The second-order valence-corrected chi connectivity index (χ2v) is 25.8. The van der Waals surface area contributed by atoms with E-state index in [1.165, 1.54) is 90.6 Å². The Hall–Kier alpha value is -9.77. The standard InChI is InChI=1S/C68H76N10O12S/c1-43(2)49-17-13-15-19-51(49)59-45(23-27-57(79)73-37-39-75(65(83)89-67(5,6)7)53(41-73)63(81)71(11)47-29-33-69-34-30-47)21-25-55(61(59)77(85)86)91-56-26-22-46(60(62(56)78(87)88)52-20-16-14-18-50(52)44(3)4)24-28-58(80)74-38-40-76(66(84)90-68(8,9)10)54(42-74)64(82)72(12)48-31-35-70-36-32-48/h13-36,43-44,53-54H,37-42H2,1-12H3. The van der Waals surface area contributed by atoms with Crippen LogP contribution in [0.25, 0.3) is 34.4 Å². The number of hydrogen-bond donors (Lipinski definition) is 0. The summed E-state index contributed by atoms with van der Waals surface area (Å²) in [5.41, 5.74) is 1.83. The maximum absolute atomic E-state index is 14.4. The summed E-state index contributed by atoms with van der Waals surface area (Å²) < 4.78 is 11.4. The molecule has 6 amide bonds. The van der Waals surface area contributed by atoms with Gasteiger partial charge in [0.1, 0.15) is 23.3 Å². The summed E-state index contributed by atoms with van der Waals surface area (Å²) in [5, 5.41) is 27.7. The van der Waals surface area contributed by atoms with Crippen molar-refractivity contribution in [1.82, 2.24) is 29.6 Å². The molecular formula is C68H76N10O12S. The zero-order valence-corrected chi connectivity index (χ0v) is 54.0. The molecule has 2 aliphatic rings. The zero-order chi connectivity index (χ0) is 66.2. The lowest BCUT2D eigenvalue weighted by Gasteiger charge is -2.41. The molecular weight excluding hydrogens is 1180 g/mol. The highest BCUT2D eigenvalue weighted by Crippen LogP contribution is 2.50. The number of hydrogen-bond acceptors (Lipinski definition) is 15. The van der Waals surface area contributed by atoms with Gasteiger partial charge >= 0.3 is 12.2 Å². The number of nitro benzene ring substituents is 2. The molecule has 23 heteroatoms. The number of ether oxygens (including phenoxy) is 2. The first-order valence-electron chi connectivity index (χ1n) is 29.8. The number of nitrogens with zero attached hydrogens (tertiary/aromatic N) is 10. The average Bonchev–Trinajstić information content (AvgIpc) is 1.16. The normalized spacial score (nSPS) is 15.5. The highest BCUT2D eigenvalue weighted by molar-refractivity contribution is 7.99. The number of anilines is 2. The van der Waals surface area contributed by atoms with Crippen LogP contribution >= 0.6 is 11.8 Å². The van der Waals surface area contributed by atoms with Crippen molar-refractivity contribution in [2.75, 3.05) is 63.2 Å². The van der Waals surface area contributed by atoms with Gasteiger partial charge in [0.2, 0.25) is 11.8 Å². The van der Waals surface area contributed by atoms with Crippen LogP contribution in [-0.2, 0) is 28.7 Å². The SMILES string of the molecule is CC(C)c1ccccc1-c1c(C=CC(=O)N2CCN(C(=O)OC(C)(C)C)C(C(=O)N(C)c3ccncc3)C2)ccc(Sc2ccc(C=CC(=O)N3CCN(C(=O)OC(C)(C)C)C(C(=O)N(C)c4ccncc4)C3)c(-c3ccccc3C(C)C)c2[N+](=O)[O-])c1[N+](=O)[O-]. The smallest absolute Gasteiger partial charge is 0.411 e. The number of carbonyl (C=O) groups excluding carboxylic acids is 6. The summed E-state index contributed by atoms with van der Waals surface area (Å²) in [7, 11) is 3.12. The number of benzene rings is 4. The Morgan fingerprint density at radius 1 is 0.549 bits per heavy atom. The van der Waals surface area contributed by atoms with E-state index in [1.807, 2.05) is 52.0 Å². The molecule has 6 aromatic rings. The van der Waals surface area contributed by atoms with E-state index in [9.17, 15) is 49.0 Å². The van der Waals surface area contributed by atoms with Crippen LogP contribution in [0.5, 0.6) is 0 Å². The summed E-state index contributed by atoms with van der Waals surface area (Å²) >= 11 is 0.828. The number of aromatic nitrogens is 2. The molecule has 8 rings (SSSR count). The van der Waals surface area contributed by atoms with E-state index in [2.05, 4.69) is 9.97 Å². The van der Waals surface area contributed by atoms with Gasteiger partial charge in [-0.1, -0.05) is 100 Å². The fourth-order valence-corrected chi connectivity index (χ4v) is 12.0. The summed E-state index contributed by atoms with van der Waals surface area (Å²) in [4.78, 5) is 128. The van der Waals surface area contributed by atoms with Gasteiger partial charge in [-0.3, -0.25) is 59.2 Å². The molecule has 2 unspecified atom stereocenters. The molecule has 0 radical (unpaired) electrons. The predicted octanol–water partition coefficient (Wildman–Crippen LogP) is 12.3. The van der Waals surface area contributed by atoms with Crippen molar-refractivity contribution in [2.24, 2.45) is 0 Å². The molecule has 0 N–H and O–H groups in total. The minimum absolute atomic E-state index is 0.0284. The van der Waals surface area contributed by atoms with Gasteiger partial charge in [0.25, 0.3) is 23.2 Å². The Morgan fingerprint density at radius 2 is 0.901 bits per heavy atom. The van der Waals surface area contributed by atoms with Crippen LogP contribution < -0.4 is 9.80 Å². The average molecular weight is 1260 g/mol. The summed E-state index contributed by atoms with van der Waals surface area (Å²) in [6.07, 6.45) is 10.2. The third kappa shape index (κ3) is 15.8. The Kier molecular flexibility index (Phi) is 20.9. The maximum Gasteiger partial charge on any atom is 0.411 e. The largest absolute Gasteiger partial charge is 0.444 e. The summed E-state index contributed by atoms with van der Waals surface area (Å²) in [6, 6.07) is 24.8. The van der Waals surface area contributed by atoms with E-state index in [4.69, 9.17) is 9.47 Å². The van der Waals surface area contributed by atoms with Crippen molar-refractivity contribution in [1.29, 1.82) is 0 Å². The van der Waals surface area contributed by atoms with Gasteiger partial charge in [-0.2, -0.15) is 0 Å². The Bertz CT molecular complexity index is 3560. The van der Waals surface area contributed by atoms with E-state index in [0.29, 0.717) is 22.5 Å². The van der Waals surface area contributed by atoms with Crippen molar-refractivity contribution >= 4 is 82.5 Å². The predicted molar refractivity (Wildman–Crippen MR) is 349 cm³/mol. The van der Waals surface area contributed by atoms with E-state index in [0.717, 1.165) is 22.9 Å². The fourth-order valence-electron chi connectivity index (χ4n) is 11.0. The third-order valence-corrected chi connectivity index (χ3v) is 16.5. The first kappa shape index (κ1) is 67.2. The maximum atomic E-state index is 14.4. The van der Waals surface area contributed by atoms with Crippen LogP contribution in [-0.4, -0.2) is 152 Å². The number of carbonyl (C=O) groups is 6. The lowest BCUT2D eigenvalue weighted by Crippen LogP contribution is -2.62. The molecule has 4 aromatic carbocycles. The zero-order valence-electron chi connectivity index (χ0n) is 53.2. The minimum atomic E-state index is -1.15. The number of amides is 6. The third-order valence-electron chi connectivity index (χ3n) is 15.4. The monoisotopic (exact) mass is 1260 g/mol. The molecule has 91 heavy (non-hydrogen) atoms. The van der Waals surface area contributed by atoms with Gasteiger partial charge in [-0.25, -0.2) is 9.59 Å². The molecule has 22 nitrogen and oxygen atoms in total. The lowest BCUT2D eigenvalue weighted by molar-refractivity contribution is -0.387. The number of rotatable bonds is 16. The van der Waals surface area contributed by atoms with Crippen molar-refractivity contribution in [2.45, 2.75) is 114 Å². The second kappa shape index (κ2) is 28.4. The van der Waals surface area contributed by atoms with Gasteiger partial charge in [-0.05, 0) is 135 Å². The second-order valence-electron chi connectivity index (χ2n) is 24.7. The van der Waals surface area contributed by atoms with Crippen molar-refractivity contribution in [3.63, 3.8) is 0 Å². The molecule has 2 aliphatic heterocycles. The minimum Gasteiger partial charge on any atom is -0.444 e. The molecule has 2 saturated heterocycles. The van der Waals surface area contributed by atoms with E-state index >= 15 is 0 Å². The molecule has 2 aromatic heterocycles. The van der Waals surface area contributed by atoms with E-state index in [1.54, 1.807) is 116 Å². The van der Waals surface area contributed by atoms with Crippen molar-refractivity contribution in [3.05, 3.63) is 176 Å². The highest BCUT2D eigenvalue weighted by atomic mass is 32.2. The van der Waals surface area contributed by atoms with Crippen molar-refractivity contribution < 1.29 is 48.1 Å². The van der Waals surface area contributed by atoms with Crippen LogP contribution in [0.2, 0.25) is 0 Å². The summed E-state index contributed by atoms with van der Waals surface area (Å²) in [6.45, 7) is 17.6. The number of pyridine rings is 2. The molecule has 0 aliphatic carbocycles. The van der Waals surface area contributed by atoms with Crippen LogP contribution in [0.15, 0.2) is 144 Å². The van der Waals surface area contributed by atoms with Gasteiger partial charge in [-0.15, -0.1) is 0 Å². The highest BCUT2D eigenvalue weighted by Gasteiger charge is 2.42. The molecule has 0 bridgehead atoms. The van der Waals surface area contributed by atoms with E-state index in [-0.39, 0.29) is 94.5 Å². The molecule has 0 saturated carbocycles. The van der Waals surface area contributed by atoms with Crippen LogP contribution in [0, 0.1) is 20.2 Å². The quantitative estimate of drug-likeness (QED) is 0.0496. The number of likely N-dealkylation sites (N-methyl/N-ethyl adjacent to an activating group) is 2. The lowest BCUT2D eigenvalue weighted by atomic mass is 9.89. The van der Waals surface area contributed by atoms with Gasteiger partial charge < -0.3 is 29.1 Å². The van der Waals surface area contributed by atoms with Crippen LogP contribution in [0.1, 0.15) is 103 Å². The molecule has 2 fully saturated rings. The van der Waals surface area contributed by atoms with Crippen LogP contribution in [0.3, 0.4) is 0 Å². The Labute approximate surface area is 533 Å². The van der Waals surface area contributed by atoms with Gasteiger partial charge in [0.05, 0.1) is 43.9 Å². The van der Waals surface area contributed by atoms with Gasteiger partial charge in [0, 0.05) is 88.6 Å². The van der Waals surface area contributed by atoms with E-state index < -0.39 is 68.9 Å². The number of piperazine rings is 2. The van der Waals surface area contributed by atoms with Crippen molar-refractivity contribution in [3.8, 4) is 22.3 Å². The molecule has 4 heterocycles. The Morgan fingerprint density at radius 3 is 1.23 bits per heavy atom. The Balaban J connectivity index is 1.18. The summed E-state index contributed by atoms with van der Waals surface area (Å²) in [5.74, 6) is -2.33. The first-order valence-corrected chi connectivity index (χ1v) is 30.6. The number of nitro groups is 2. The molecule has 2 atom stereocenters. The molecule has 0 spiro atoms. The topological polar surface area (TPSA) is 252 Å². The fraction of sp³-hybridized carbons (Fsp3) is 0.353. The van der Waals surface area contributed by atoms with Crippen LogP contribution in [0.4, 0.5) is 32.3 Å². The van der Waals surface area contributed by atoms with Gasteiger partial charge in [0.15, 0.2) is 0 Å². The molecule has 476 valence electrons.